The van der Waals surface area contributed by atoms with Crippen molar-refractivity contribution < 1.29 is 29.1 Å². The van der Waals surface area contributed by atoms with Crippen LogP contribution < -0.4 is 10.1 Å². The van der Waals surface area contributed by atoms with Crippen LogP contribution in [0, 0.1) is 11.8 Å². The van der Waals surface area contributed by atoms with Gasteiger partial charge in [0.1, 0.15) is 24.4 Å². The van der Waals surface area contributed by atoms with Crippen molar-refractivity contribution in [3.8, 4) is 5.75 Å². The molecule has 0 spiro atoms. The van der Waals surface area contributed by atoms with E-state index in [0.29, 0.717) is 19.1 Å². The van der Waals surface area contributed by atoms with Gasteiger partial charge in [-0.1, -0.05) is 18.2 Å². The number of hydrogen-bond acceptors (Lipinski definition) is 4. The highest BCUT2D eigenvalue weighted by atomic mass is 16.6. The summed E-state index contributed by atoms with van der Waals surface area (Å²) in [4.78, 5) is 12.4. The van der Waals surface area contributed by atoms with Gasteiger partial charge in [-0.05, 0) is 82.6 Å². The lowest BCUT2D eigenvalue weighted by Gasteiger charge is -2.23. The minimum absolute atomic E-state index is 0.0238. The van der Waals surface area contributed by atoms with Crippen molar-refractivity contribution in [2.24, 2.45) is 11.8 Å². The molecule has 1 amide bonds. The van der Waals surface area contributed by atoms with Crippen LogP contribution in [0.4, 0.5) is 0 Å². The highest BCUT2D eigenvalue weighted by molar-refractivity contribution is 5.80. The number of aliphatic hydroxyl groups excluding tert-OH is 2. The van der Waals surface area contributed by atoms with E-state index in [9.17, 15) is 9.90 Å². The second kappa shape index (κ2) is 13.7. The number of amides is 1. The molecule has 0 bridgehead atoms. The van der Waals surface area contributed by atoms with Gasteiger partial charge in [-0.3, -0.25) is 4.79 Å². The summed E-state index contributed by atoms with van der Waals surface area (Å²) in [6, 6.07) is 8.30. The molecule has 7 nitrogen and oxygen atoms in total. The number of rotatable bonds is 10. The van der Waals surface area contributed by atoms with Crippen LogP contribution >= 0.6 is 0 Å². The minimum Gasteiger partial charge on any atom is -0.493 e. The van der Waals surface area contributed by atoms with Gasteiger partial charge in [-0.15, -0.1) is 0 Å². The van der Waals surface area contributed by atoms with E-state index >= 15 is 0 Å². The average Bonchev–Trinajstić information content (AvgIpc) is 2.87. The first-order chi connectivity index (χ1) is 17.2. The Hall–Kier alpha value is -2.54. The zero-order chi connectivity index (χ0) is 26.0. The van der Waals surface area contributed by atoms with Gasteiger partial charge in [-0.25, -0.2) is 0 Å². The van der Waals surface area contributed by atoms with Crippen molar-refractivity contribution >= 4 is 17.6 Å². The number of aliphatic hydroxyl groups is 2. The normalized spacial score (nSPS) is 20.4. The molecule has 200 valence electrons. The first-order valence-corrected chi connectivity index (χ1v) is 13.6. The fourth-order valence-electron chi connectivity index (χ4n) is 4.71. The molecule has 1 aromatic rings. The molecule has 0 saturated carbocycles. The highest BCUT2D eigenvalue weighted by Crippen LogP contribution is 2.31. The van der Waals surface area contributed by atoms with E-state index in [1.807, 2.05) is 37.5 Å². The maximum atomic E-state index is 12.4. The molecule has 1 atom stereocenters. The highest BCUT2D eigenvalue weighted by Gasteiger charge is 2.28. The Kier molecular flexibility index (Phi) is 10.7. The number of piperidine rings is 1. The fourth-order valence-corrected chi connectivity index (χ4v) is 4.71. The fraction of sp³-hybridized carbons (Fsp3) is 0.655. The second-order valence-corrected chi connectivity index (χ2v) is 11.0. The van der Waals surface area contributed by atoms with Crippen molar-refractivity contribution in [1.82, 2.24) is 5.32 Å². The third-order valence-electron chi connectivity index (χ3n) is 6.91. The second-order valence-electron chi connectivity index (χ2n) is 11.0. The summed E-state index contributed by atoms with van der Waals surface area (Å²) in [5.41, 5.74) is 2.10. The number of carbonyl (C=O) groups excluding carboxylic acids is 1. The number of nitrogens with one attached hydrogen (secondary N) is 1. The Balaban J connectivity index is 1.39. The Bertz CT molecular complexity index is 891. The summed E-state index contributed by atoms with van der Waals surface area (Å²) in [5.74, 6) is 1.54. The first kappa shape index (κ1) is 28.0. The number of benzene rings is 1. The number of nitrogens with zero attached hydrogens (tertiary/aromatic N) is 1. The monoisotopic (exact) mass is 501 g/mol. The number of allylic oxidation sites excluding steroid dienone is 2. The van der Waals surface area contributed by atoms with Crippen molar-refractivity contribution in [3.63, 3.8) is 0 Å². The Morgan fingerprint density at radius 3 is 2.42 bits per heavy atom. The lowest BCUT2D eigenvalue weighted by Crippen LogP contribution is -2.37. The number of unbranched alkanes of at least 4 members (excludes halogenated alkanes) is 2. The standard InChI is InChI=1S/C29H44N2O5/c1-29(2,3)36-28(34)31-18-15-22(16-19-31)21-35-26-13-11-24(12-14-26)23-7-9-25(10-8-23)27(33)30-17-5-4-6-20-32/h7,11-14,22,25,32H,4-6,8-10,15-21H2,1-3H3,(H,30,33)/p+1. The topological polar surface area (TPSA) is 91.0 Å². The van der Waals surface area contributed by atoms with Crippen LogP contribution in [0.3, 0.4) is 0 Å². The van der Waals surface area contributed by atoms with Gasteiger partial charge in [0.25, 0.3) is 0 Å². The van der Waals surface area contributed by atoms with Gasteiger partial charge >= 0.3 is 6.08 Å². The smallest absolute Gasteiger partial charge is 0.493 e. The maximum absolute atomic E-state index is 12.4. The van der Waals surface area contributed by atoms with Crippen LogP contribution in [-0.2, 0) is 9.53 Å². The molecule has 1 aliphatic heterocycles. The van der Waals surface area contributed by atoms with Crippen molar-refractivity contribution in [3.05, 3.63) is 35.9 Å². The molecule has 7 heteroatoms. The summed E-state index contributed by atoms with van der Waals surface area (Å²) in [6.07, 6.45) is 9.37. The molecule has 1 fully saturated rings. The van der Waals surface area contributed by atoms with Gasteiger partial charge in [0.15, 0.2) is 0 Å². The number of carbonyl (C=O) groups is 1. The molecular formula is C29H45N2O5+. The van der Waals surface area contributed by atoms with E-state index in [1.54, 1.807) is 0 Å². The molecule has 1 saturated heterocycles. The van der Waals surface area contributed by atoms with E-state index in [0.717, 1.165) is 70.2 Å². The molecule has 36 heavy (non-hydrogen) atoms. The van der Waals surface area contributed by atoms with Crippen LogP contribution in [-0.4, -0.2) is 65.2 Å². The molecular weight excluding hydrogens is 456 g/mol. The van der Waals surface area contributed by atoms with Gasteiger partial charge in [0.05, 0.1) is 6.61 Å². The molecule has 3 rings (SSSR count). The molecule has 0 aromatic heterocycles. The van der Waals surface area contributed by atoms with E-state index in [1.165, 1.54) is 11.1 Å². The van der Waals surface area contributed by atoms with Gasteiger partial charge in [-0.2, -0.15) is 4.58 Å². The molecule has 3 N–H and O–H groups in total. The lowest BCUT2D eigenvalue weighted by atomic mass is 9.86. The molecule has 2 aliphatic rings. The van der Waals surface area contributed by atoms with Crippen LogP contribution in [0.1, 0.15) is 77.7 Å². The molecule has 1 heterocycles. The van der Waals surface area contributed by atoms with Crippen LogP contribution in [0.15, 0.2) is 30.3 Å². The quantitative estimate of drug-likeness (QED) is 0.246. The van der Waals surface area contributed by atoms with Gasteiger partial charge < -0.3 is 25.0 Å². The maximum Gasteiger partial charge on any atom is 0.547 e. The van der Waals surface area contributed by atoms with E-state index < -0.39 is 5.60 Å². The predicted octanol–water partition coefficient (Wildman–Crippen LogP) is 4.68. The largest absolute Gasteiger partial charge is 0.547 e. The van der Waals surface area contributed by atoms with E-state index in [2.05, 4.69) is 23.5 Å². The summed E-state index contributed by atoms with van der Waals surface area (Å²) in [6.45, 7) is 8.92. The van der Waals surface area contributed by atoms with E-state index in [-0.39, 0.29) is 24.5 Å². The van der Waals surface area contributed by atoms with Crippen molar-refractivity contribution in [2.45, 2.75) is 77.7 Å². The number of ether oxygens (including phenoxy) is 2. The summed E-state index contributed by atoms with van der Waals surface area (Å²) in [5, 5.41) is 22.1. The zero-order valence-corrected chi connectivity index (χ0v) is 22.3. The Morgan fingerprint density at radius 1 is 1.08 bits per heavy atom. The lowest BCUT2D eigenvalue weighted by molar-refractivity contribution is -0.558. The molecule has 1 aliphatic carbocycles. The summed E-state index contributed by atoms with van der Waals surface area (Å²) in [7, 11) is 0. The van der Waals surface area contributed by atoms with Gasteiger partial charge in [0, 0.05) is 37.8 Å². The Morgan fingerprint density at radius 2 is 1.81 bits per heavy atom. The first-order valence-electron chi connectivity index (χ1n) is 13.6. The summed E-state index contributed by atoms with van der Waals surface area (Å²) >= 11 is 0. The predicted molar refractivity (Wildman–Crippen MR) is 142 cm³/mol. The molecule has 0 radical (unpaired) electrons. The third kappa shape index (κ3) is 9.16. The van der Waals surface area contributed by atoms with Crippen LogP contribution in [0.2, 0.25) is 0 Å². The average molecular weight is 502 g/mol. The van der Waals surface area contributed by atoms with Gasteiger partial charge in [0.2, 0.25) is 5.91 Å². The SMILES string of the molecule is CC(C)(C)OC(O)=[N+]1CCC(COc2ccc(C3=CCC(C(=O)NCCCCCO)CC3)cc2)CC1. The number of hydrogen-bond donors (Lipinski definition) is 3. The van der Waals surface area contributed by atoms with Crippen molar-refractivity contribution in [2.75, 3.05) is 32.8 Å². The van der Waals surface area contributed by atoms with E-state index in [4.69, 9.17) is 14.6 Å². The molecule has 1 unspecified atom stereocenters. The van der Waals surface area contributed by atoms with Crippen LogP contribution in [0.25, 0.3) is 5.57 Å². The van der Waals surface area contributed by atoms with Crippen molar-refractivity contribution in [1.29, 1.82) is 0 Å². The zero-order valence-electron chi connectivity index (χ0n) is 22.3. The third-order valence-corrected chi connectivity index (χ3v) is 6.91. The molecule has 1 aromatic carbocycles. The minimum atomic E-state index is -0.401. The van der Waals surface area contributed by atoms with Crippen LogP contribution in [0.5, 0.6) is 5.75 Å². The summed E-state index contributed by atoms with van der Waals surface area (Å²) < 4.78 is 13.6. The Labute approximate surface area is 216 Å².